The summed E-state index contributed by atoms with van der Waals surface area (Å²) in [5.74, 6) is 0.583. The van der Waals surface area contributed by atoms with Gasteiger partial charge in [0.05, 0.1) is 0 Å². The zero-order valence-electron chi connectivity index (χ0n) is 17.2. The number of benzene rings is 1. The number of hydrogen-bond donors (Lipinski definition) is 1. The van der Waals surface area contributed by atoms with Crippen molar-refractivity contribution in [3.8, 4) is 0 Å². The Labute approximate surface area is 172 Å². The molecule has 2 aliphatic heterocycles. The highest BCUT2D eigenvalue weighted by Gasteiger charge is 2.44. The lowest BCUT2D eigenvalue weighted by atomic mass is 9.85. The van der Waals surface area contributed by atoms with Crippen LogP contribution in [0.4, 0.5) is 4.79 Å². The summed E-state index contributed by atoms with van der Waals surface area (Å²) in [5.41, 5.74) is 0.722. The summed E-state index contributed by atoms with van der Waals surface area (Å²) < 4.78 is 5.28. The quantitative estimate of drug-likeness (QED) is 0.796. The van der Waals surface area contributed by atoms with Gasteiger partial charge in [-0.05, 0) is 83.4 Å². The van der Waals surface area contributed by atoms with Gasteiger partial charge in [0.1, 0.15) is 11.6 Å². The maximum Gasteiger partial charge on any atom is 0.408 e. The molecule has 0 saturated carbocycles. The molecule has 1 aromatic carbocycles. The number of piperidine rings is 1. The first kappa shape index (κ1) is 21.0. The van der Waals surface area contributed by atoms with Crippen molar-refractivity contribution >= 4 is 23.6 Å². The van der Waals surface area contributed by atoms with E-state index in [0.29, 0.717) is 5.92 Å². The molecular weight excluding hydrogens is 376 g/mol. The highest BCUT2D eigenvalue weighted by Crippen LogP contribution is 2.40. The smallest absolute Gasteiger partial charge is 0.408 e. The third-order valence-corrected chi connectivity index (χ3v) is 5.88. The number of rotatable bonds is 4. The van der Waals surface area contributed by atoms with Gasteiger partial charge in [-0.15, -0.1) is 0 Å². The Morgan fingerprint density at radius 2 is 1.75 bits per heavy atom. The van der Waals surface area contributed by atoms with E-state index in [4.69, 9.17) is 16.3 Å². The van der Waals surface area contributed by atoms with Crippen LogP contribution >= 0.6 is 11.6 Å². The minimum absolute atomic E-state index is 0.00306. The first-order valence-electron chi connectivity index (χ1n) is 10.2. The van der Waals surface area contributed by atoms with Crippen molar-refractivity contribution in [3.63, 3.8) is 0 Å². The van der Waals surface area contributed by atoms with Crippen LogP contribution in [0.1, 0.15) is 58.9 Å². The molecule has 2 saturated heterocycles. The summed E-state index contributed by atoms with van der Waals surface area (Å²) in [6.07, 6.45) is 4.61. The van der Waals surface area contributed by atoms with E-state index in [1.54, 1.807) is 6.92 Å². The van der Waals surface area contributed by atoms with E-state index in [9.17, 15) is 9.59 Å². The summed E-state index contributed by atoms with van der Waals surface area (Å²) in [7, 11) is 0. The second-order valence-corrected chi connectivity index (χ2v) is 9.60. The minimum atomic E-state index is -0.578. The molecule has 2 aliphatic rings. The van der Waals surface area contributed by atoms with E-state index < -0.39 is 17.7 Å². The van der Waals surface area contributed by atoms with Crippen LogP contribution in [0.25, 0.3) is 0 Å². The molecule has 5 nitrogen and oxygen atoms in total. The van der Waals surface area contributed by atoms with E-state index in [2.05, 4.69) is 17.4 Å². The van der Waals surface area contributed by atoms with Crippen molar-refractivity contribution in [1.29, 1.82) is 0 Å². The van der Waals surface area contributed by atoms with E-state index in [-0.39, 0.29) is 18.0 Å². The van der Waals surface area contributed by atoms with Crippen LogP contribution in [-0.2, 0) is 16.0 Å². The molecule has 2 bridgehead atoms. The molecule has 154 valence electrons. The van der Waals surface area contributed by atoms with E-state index in [1.165, 1.54) is 5.56 Å². The number of alkyl carbamates (subject to hydrolysis) is 1. The molecule has 0 spiro atoms. The molecule has 2 fully saturated rings. The zero-order chi connectivity index (χ0) is 20.5. The lowest BCUT2D eigenvalue weighted by molar-refractivity contribution is -0.138. The summed E-state index contributed by atoms with van der Waals surface area (Å²) in [6, 6.07) is 8.02. The Morgan fingerprint density at radius 3 is 2.29 bits per heavy atom. The highest BCUT2D eigenvalue weighted by molar-refractivity contribution is 6.30. The molecule has 0 aromatic heterocycles. The normalized spacial score (nSPS) is 25.3. The molecule has 2 amide bonds. The molecule has 3 atom stereocenters. The third kappa shape index (κ3) is 5.19. The Bertz CT molecular complexity index is 699. The molecule has 28 heavy (non-hydrogen) atoms. The van der Waals surface area contributed by atoms with Crippen LogP contribution in [0.2, 0.25) is 5.02 Å². The molecule has 3 rings (SSSR count). The van der Waals surface area contributed by atoms with Crippen LogP contribution in [0.3, 0.4) is 0 Å². The second-order valence-electron chi connectivity index (χ2n) is 9.17. The number of carbonyl (C=O) groups excluding carboxylic acids is 2. The lowest BCUT2D eigenvalue weighted by Crippen LogP contribution is -2.54. The van der Waals surface area contributed by atoms with Gasteiger partial charge in [0.2, 0.25) is 5.91 Å². The number of amides is 2. The summed E-state index contributed by atoms with van der Waals surface area (Å²) >= 11 is 5.98. The lowest BCUT2D eigenvalue weighted by Gasteiger charge is -2.40. The largest absolute Gasteiger partial charge is 0.444 e. The fourth-order valence-electron chi connectivity index (χ4n) is 4.54. The molecule has 1 aromatic rings. The fourth-order valence-corrected chi connectivity index (χ4v) is 4.67. The van der Waals surface area contributed by atoms with Gasteiger partial charge in [0.15, 0.2) is 0 Å². The average Bonchev–Trinajstić information content (AvgIpc) is 2.85. The van der Waals surface area contributed by atoms with Gasteiger partial charge in [-0.2, -0.15) is 0 Å². The first-order chi connectivity index (χ1) is 13.1. The van der Waals surface area contributed by atoms with Crippen molar-refractivity contribution in [1.82, 2.24) is 10.2 Å². The second kappa shape index (κ2) is 8.32. The van der Waals surface area contributed by atoms with Gasteiger partial charge in [0.25, 0.3) is 0 Å². The maximum atomic E-state index is 13.0. The summed E-state index contributed by atoms with van der Waals surface area (Å²) in [5, 5.41) is 3.45. The summed E-state index contributed by atoms with van der Waals surface area (Å²) in [4.78, 5) is 27.0. The predicted octanol–water partition coefficient (Wildman–Crippen LogP) is 4.57. The molecule has 2 heterocycles. The molecule has 3 unspecified atom stereocenters. The Kier molecular flexibility index (Phi) is 6.23. The van der Waals surface area contributed by atoms with Crippen molar-refractivity contribution in [2.75, 3.05) is 0 Å². The van der Waals surface area contributed by atoms with Gasteiger partial charge >= 0.3 is 6.09 Å². The van der Waals surface area contributed by atoms with Gasteiger partial charge in [0, 0.05) is 17.1 Å². The maximum absolute atomic E-state index is 13.0. The van der Waals surface area contributed by atoms with Gasteiger partial charge < -0.3 is 15.0 Å². The number of carbonyl (C=O) groups is 2. The first-order valence-corrected chi connectivity index (χ1v) is 10.6. The average molecular weight is 407 g/mol. The number of ether oxygens (including phenoxy) is 1. The topological polar surface area (TPSA) is 58.6 Å². The van der Waals surface area contributed by atoms with Crippen LogP contribution in [0.5, 0.6) is 0 Å². The van der Waals surface area contributed by atoms with Gasteiger partial charge in [-0.25, -0.2) is 4.79 Å². The predicted molar refractivity (Wildman–Crippen MR) is 110 cm³/mol. The third-order valence-electron chi connectivity index (χ3n) is 5.63. The number of fused-ring (bicyclic) bond motifs is 2. The standard InChI is InChI=1S/C22H31ClN2O3/c1-14(24-21(27)28-22(2,3)4)20(26)25-18-9-10-19(25)13-16(12-18)11-15-5-7-17(23)8-6-15/h5-8,14,16,18-19H,9-13H2,1-4H3,(H,24,27). The van der Waals surface area contributed by atoms with Gasteiger partial charge in [-0.1, -0.05) is 23.7 Å². The molecule has 0 radical (unpaired) electrons. The van der Waals surface area contributed by atoms with E-state index >= 15 is 0 Å². The van der Waals surface area contributed by atoms with E-state index in [0.717, 1.165) is 37.1 Å². The molecule has 0 aliphatic carbocycles. The Hall–Kier alpha value is -1.75. The summed E-state index contributed by atoms with van der Waals surface area (Å²) in [6.45, 7) is 7.17. The Morgan fingerprint density at radius 1 is 1.18 bits per heavy atom. The molecular formula is C22H31ClN2O3. The number of hydrogen-bond acceptors (Lipinski definition) is 3. The monoisotopic (exact) mass is 406 g/mol. The minimum Gasteiger partial charge on any atom is -0.444 e. The van der Waals surface area contributed by atoms with Crippen molar-refractivity contribution < 1.29 is 14.3 Å². The van der Waals surface area contributed by atoms with E-state index in [1.807, 2.05) is 37.8 Å². The fraction of sp³-hybridized carbons (Fsp3) is 0.636. The SMILES string of the molecule is CC(NC(=O)OC(C)(C)C)C(=O)N1C2CCC1CC(Cc1ccc(Cl)cc1)C2. The van der Waals surface area contributed by atoms with Crippen LogP contribution in [-0.4, -0.2) is 40.6 Å². The number of halogens is 1. The molecule has 6 heteroatoms. The van der Waals surface area contributed by atoms with Crippen LogP contribution in [0, 0.1) is 5.92 Å². The van der Waals surface area contributed by atoms with Crippen LogP contribution in [0.15, 0.2) is 24.3 Å². The van der Waals surface area contributed by atoms with Crippen molar-refractivity contribution in [2.45, 2.75) is 83.5 Å². The van der Waals surface area contributed by atoms with Crippen LogP contribution < -0.4 is 5.32 Å². The number of nitrogens with zero attached hydrogens (tertiary/aromatic N) is 1. The Balaban J connectivity index is 1.57. The van der Waals surface area contributed by atoms with Gasteiger partial charge in [-0.3, -0.25) is 4.79 Å². The zero-order valence-corrected chi connectivity index (χ0v) is 18.0. The van der Waals surface area contributed by atoms with Crippen molar-refractivity contribution in [2.24, 2.45) is 5.92 Å². The van der Waals surface area contributed by atoms with Crippen molar-refractivity contribution in [3.05, 3.63) is 34.9 Å². The molecule has 1 N–H and O–H groups in total. The highest BCUT2D eigenvalue weighted by atomic mass is 35.5. The number of nitrogens with one attached hydrogen (secondary N) is 1.